The number of ether oxygens (including phenoxy) is 1. The summed E-state index contributed by atoms with van der Waals surface area (Å²) in [5.41, 5.74) is 0.404. The highest BCUT2D eigenvalue weighted by Crippen LogP contribution is 2.15. The van der Waals surface area contributed by atoms with Gasteiger partial charge in [-0.05, 0) is 32.0 Å². The Bertz CT molecular complexity index is 459. The van der Waals surface area contributed by atoms with E-state index in [-0.39, 0.29) is 0 Å². The predicted molar refractivity (Wildman–Crippen MR) is 83.0 cm³/mol. The third kappa shape index (κ3) is 4.80. The second-order valence-electron chi connectivity index (χ2n) is 4.26. The fourth-order valence-corrected chi connectivity index (χ4v) is 1.80. The number of nitrogens with zero attached hydrogens (tertiary/aromatic N) is 2. The first-order valence-electron chi connectivity index (χ1n) is 6.91. The van der Waals surface area contributed by atoms with Gasteiger partial charge in [-0.1, -0.05) is 13.8 Å². The van der Waals surface area contributed by atoms with Crippen LogP contribution < -0.4 is 10.6 Å². The molecule has 0 unspecified atom stereocenters. The van der Waals surface area contributed by atoms with Gasteiger partial charge in [0.15, 0.2) is 10.9 Å². The number of hydrogen-bond donors (Lipinski definition) is 2. The number of hydrogen-bond acceptors (Lipinski definition) is 4. The number of esters is 1. The molecule has 112 valence electrons. The van der Waals surface area contributed by atoms with Gasteiger partial charge in [0, 0.05) is 19.3 Å². The normalized spacial score (nSPS) is 10.2. The highest BCUT2D eigenvalue weighted by Gasteiger charge is 2.18. The molecular weight excluding hydrogens is 276 g/mol. The summed E-state index contributed by atoms with van der Waals surface area (Å²) in [5, 5.41) is 10.8. The van der Waals surface area contributed by atoms with E-state index in [1.165, 1.54) is 0 Å². The van der Waals surface area contributed by atoms with Gasteiger partial charge in [0.1, 0.15) is 5.56 Å². The van der Waals surface area contributed by atoms with Crippen molar-refractivity contribution in [2.45, 2.75) is 40.2 Å². The minimum absolute atomic E-state index is 0.329. The van der Waals surface area contributed by atoms with Crippen molar-refractivity contribution in [3.05, 3.63) is 11.8 Å². The molecule has 0 bridgehead atoms. The molecule has 0 radical (unpaired) electrons. The Hall–Kier alpha value is -1.63. The zero-order chi connectivity index (χ0) is 15.0. The number of rotatable bonds is 7. The van der Waals surface area contributed by atoms with Gasteiger partial charge in [-0.3, -0.25) is 4.68 Å². The van der Waals surface area contributed by atoms with E-state index in [1.54, 1.807) is 17.8 Å². The van der Waals surface area contributed by atoms with E-state index in [2.05, 4.69) is 22.7 Å². The van der Waals surface area contributed by atoms with Crippen LogP contribution in [0.25, 0.3) is 0 Å². The molecular formula is C13H22N4O2S. The maximum Gasteiger partial charge on any atom is 0.343 e. The monoisotopic (exact) mass is 298 g/mol. The molecule has 0 fully saturated rings. The van der Waals surface area contributed by atoms with E-state index in [0.717, 1.165) is 25.9 Å². The van der Waals surface area contributed by atoms with Gasteiger partial charge in [-0.15, -0.1) is 0 Å². The van der Waals surface area contributed by atoms with Crippen LogP contribution in [0.4, 0.5) is 5.82 Å². The average molecular weight is 298 g/mol. The van der Waals surface area contributed by atoms with Crippen LogP contribution in [-0.2, 0) is 11.3 Å². The molecule has 1 heterocycles. The Labute approximate surface area is 124 Å². The summed E-state index contributed by atoms with van der Waals surface area (Å²) >= 11 is 5.16. The first kappa shape index (κ1) is 16.4. The molecule has 0 amide bonds. The van der Waals surface area contributed by atoms with Crippen LogP contribution in [0.2, 0.25) is 0 Å². The summed E-state index contributed by atoms with van der Waals surface area (Å²) in [6, 6.07) is 0. The van der Waals surface area contributed by atoms with Crippen LogP contribution in [-0.4, -0.2) is 34.0 Å². The fraction of sp³-hybridized carbons (Fsp3) is 0.615. The van der Waals surface area contributed by atoms with Crippen molar-refractivity contribution >= 4 is 29.1 Å². The molecule has 0 atom stereocenters. The van der Waals surface area contributed by atoms with E-state index >= 15 is 0 Å². The standard InChI is InChI=1S/C13H22N4O2S/c1-4-7-14-13(20)15-11-10(12(18)19-6-3)9-17(16-11)8-5-2/h9H,4-8H2,1-3H3,(H2,14,15,16,20). The first-order chi connectivity index (χ1) is 9.62. The molecule has 1 aromatic heterocycles. The van der Waals surface area contributed by atoms with Crippen LogP contribution in [0.1, 0.15) is 44.0 Å². The molecule has 0 saturated carbocycles. The Kier molecular flexibility index (Phi) is 7.00. The van der Waals surface area contributed by atoms with Gasteiger partial charge in [0.25, 0.3) is 0 Å². The lowest BCUT2D eigenvalue weighted by atomic mass is 10.3. The van der Waals surface area contributed by atoms with E-state index in [0.29, 0.717) is 23.1 Å². The smallest absolute Gasteiger partial charge is 0.343 e. The molecule has 6 nitrogen and oxygen atoms in total. The van der Waals surface area contributed by atoms with Crippen molar-refractivity contribution < 1.29 is 9.53 Å². The third-order valence-corrected chi connectivity index (χ3v) is 2.72. The van der Waals surface area contributed by atoms with Crippen molar-refractivity contribution in [1.82, 2.24) is 15.1 Å². The van der Waals surface area contributed by atoms with E-state index in [1.807, 2.05) is 6.92 Å². The second-order valence-corrected chi connectivity index (χ2v) is 4.66. The highest BCUT2D eigenvalue weighted by molar-refractivity contribution is 7.80. The van der Waals surface area contributed by atoms with Crippen molar-refractivity contribution in [3.8, 4) is 0 Å². The van der Waals surface area contributed by atoms with Crippen LogP contribution in [0, 0.1) is 0 Å². The summed E-state index contributed by atoms with van der Waals surface area (Å²) in [6.45, 7) is 7.71. The number of thiocarbonyl (C=S) groups is 1. The molecule has 0 aliphatic rings. The Morgan fingerprint density at radius 1 is 1.40 bits per heavy atom. The molecule has 2 N–H and O–H groups in total. The number of aryl methyl sites for hydroxylation is 1. The number of nitrogens with one attached hydrogen (secondary N) is 2. The predicted octanol–water partition coefficient (Wildman–Crippen LogP) is 2.17. The van der Waals surface area contributed by atoms with Gasteiger partial charge in [0.05, 0.1) is 6.61 Å². The van der Waals surface area contributed by atoms with Gasteiger partial charge < -0.3 is 15.4 Å². The second kappa shape index (κ2) is 8.52. The van der Waals surface area contributed by atoms with Gasteiger partial charge >= 0.3 is 5.97 Å². The first-order valence-corrected chi connectivity index (χ1v) is 7.32. The average Bonchev–Trinajstić information content (AvgIpc) is 2.80. The summed E-state index contributed by atoms with van der Waals surface area (Å²) in [5.74, 6) is 0.0427. The SMILES string of the molecule is CCCNC(=S)Nc1nn(CCC)cc1C(=O)OCC. The molecule has 1 rings (SSSR count). The zero-order valence-corrected chi connectivity index (χ0v) is 13.0. The van der Waals surface area contributed by atoms with E-state index < -0.39 is 5.97 Å². The maximum absolute atomic E-state index is 11.9. The molecule has 0 spiro atoms. The lowest BCUT2D eigenvalue weighted by Crippen LogP contribution is -2.29. The van der Waals surface area contributed by atoms with Crippen molar-refractivity contribution in [2.75, 3.05) is 18.5 Å². The van der Waals surface area contributed by atoms with E-state index in [4.69, 9.17) is 17.0 Å². The molecule has 0 aliphatic carbocycles. The fourth-order valence-electron chi connectivity index (χ4n) is 1.61. The zero-order valence-electron chi connectivity index (χ0n) is 12.2. The molecule has 1 aromatic rings. The van der Waals surface area contributed by atoms with Crippen LogP contribution in [0.3, 0.4) is 0 Å². The summed E-state index contributed by atoms with van der Waals surface area (Å²) in [4.78, 5) is 11.9. The number of carbonyl (C=O) groups excluding carboxylic acids is 1. The summed E-state index contributed by atoms with van der Waals surface area (Å²) in [7, 11) is 0. The molecule has 20 heavy (non-hydrogen) atoms. The summed E-state index contributed by atoms with van der Waals surface area (Å²) in [6.07, 6.45) is 3.59. The largest absolute Gasteiger partial charge is 0.462 e. The maximum atomic E-state index is 11.9. The molecule has 0 saturated heterocycles. The minimum atomic E-state index is -0.393. The van der Waals surface area contributed by atoms with Gasteiger partial charge in [-0.25, -0.2) is 4.79 Å². The van der Waals surface area contributed by atoms with Crippen LogP contribution in [0.5, 0.6) is 0 Å². The topological polar surface area (TPSA) is 68.2 Å². The Morgan fingerprint density at radius 2 is 2.15 bits per heavy atom. The van der Waals surface area contributed by atoms with Crippen molar-refractivity contribution in [3.63, 3.8) is 0 Å². The lowest BCUT2D eigenvalue weighted by Gasteiger charge is -2.08. The Balaban J connectivity index is 2.85. The van der Waals surface area contributed by atoms with Crippen LogP contribution in [0.15, 0.2) is 6.20 Å². The summed E-state index contributed by atoms with van der Waals surface area (Å²) < 4.78 is 6.75. The highest BCUT2D eigenvalue weighted by atomic mass is 32.1. The molecule has 7 heteroatoms. The minimum Gasteiger partial charge on any atom is -0.462 e. The molecule has 0 aromatic carbocycles. The number of carbonyl (C=O) groups is 1. The van der Waals surface area contributed by atoms with Gasteiger partial charge in [0.2, 0.25) is 0 Å². The van der Waals surface area contributed by atoms with Crippen LogP contribution >= 0.6 is 12.2 Å². The van der Waals surface area contributed by atoms with Crippen molar-refractivity contribution in [1.29, 1.82) is 0 Å². The Morgan fingerprint density at radius 3 is 2.75 bits per heavy atom. The van der Waals surface area contributed by atoms with E-state index in [9.17, 15) is 4.79 Å². The third-order valence-electron chi connectivity index (χ3n) is 2.48. The molecule has 0 aliphatic heterocycles. The quantitative estimate of drug-likeness (QED) is 0.594. The number of aromatic nitrogens is 2. The number of anilines is 1. The van der Waals surface area contributed by atoms with Crippen molar-refractivity contribution in [2.24, 2.45) is 0 Å². The van der Waals surface area contributed by atoms with Gasteiger partial charge in [-0.2, -0.15) is 5.10 Å². The lowest BCUT2D eigenvalue weighted by molar-refractivity contribution is 0.0527.